The van der Waals surface area contributed by atoms with Crippen molar-refractivity contribution < 1.29 is 0 Å². The lowest BCUT2D eigenvalue weighted by molar-refractivity contribution is 0.594. The van der Waals surface area contributed by atoms with Gasteiger partial charge in [-0.25, -0.2) is 9.97 Å². The lowest BCUT2D eigenvalue weighted by Gasteiger charge is -2.15. The number of hydrogen-bond acceptors (Lipinski definition) is 4. The molecule has 0 spiro atoms. The standard InChI is InChI=1S/C10H15N5/c1-10(2,3)7-5-14-15-8(7)12-6-13-9(15)11-4/h5-6H,1-4H3,(H,11,12,13). The molecule has 2 rings (SSSR count). The van der Waals surface area contributed by atoms with Gasteiger partial charge in [-0.2, -0.15) is 9.61 Å². The first-order valence-electron chi connectivity index (χ1n) is 4.91. The number of nitrogens with one attached hydrogen (secondary N) is 1. The molecule has 2 heterocycles. The molecule has 0 amide bonds. The van der Waals surface area contributed by atoms with Gasteiger partial charge in [0.25, 0.3) is 0 Å². The first kappa shape index (κ1) is 9.89. The first-order valence-corrected chi connectivity index (χ1v) is 4.91. The molecule has 15 heavy (non-hydrogen) atoms. The Labute approximate surface area is 88.6 Å². The summed E-state index contributed by atoms with van der Waals surface area (Å²) in [6.07, 6.45) is 3.41. The number of hydrogen-bond donors (Lipinski definition) is 1. The summed E-state index contributed by atoms with van der Waals surface area (Å²) in [6.45, 7) is 6.43. The lowest BCUT2D eigenvalue weighted by atomic mass is 9.89. The number of rotatable bonds is 1. The second-order valence-electron chi connectivity index (χ2n) is 4.49. The highest BCUT2D eigenvalue weighted by molar-refractivity contribution is 5.52. The summed E-state index contributed by atoms with van der Waals surface area (Å²) in [5.41, 5.74) is 2.03. The number of fused-ring (bicyclic) bond motifs is 1. The highest BCUT2D eigenvalue weighted by Crippen LogP contribution is 2.25. The molecule has 0 aromatic carbocycles. The molecule has 5 nitrogen and oxygen atoms in total. The average Bonchev–Trinajstić information content (AvgIpc) is 2.59. The predicted molar refractivity (Wildman–Crippen MR) is 59.0 cm³/mol. The molecule has 2 aromatic heterocycles. The third-order valence-corrected chi connectivity index (χ3v) is 2.34. The maximum absolute atomic E-state index is 4.29. The third kappa shape index (κ3) is 1.54. The van der Waals surface area contributed by atoms with E-state index in [4.69, 9.17) is 0 Å². The Morgan fingerprint density at radius 1 is 1.27 bits per heavy atom. The smallest absolute Gasteiger partial charge is 0.227 e. The van der Waals surface area contributed by atoms with Crippen molar-refractivity contribution in [1.82, 2.24) is 19.6 Å². The minimum absolute atomic E-state index is 0.0428. The number of aromatic nitrogens is 4. The Bertz CT molecular complexity index is 480. The highest BCUT2D eigenvalue weighted by Gasteiger charge is 2.20. The minimum Gasteiger partial charge on any atom is -0.357 e. The summed E-state index contributed by atoms with van der Waals surface area (Å²) in [6, 6.07) is 0. The zero-order chi connectivity index (χ0) is 11.1. The normalized spacial score (nSPS) is 12.0. The van der Waals surface area contributed by atoms with Crippen molar-refractivity contribution in [3.05, 3.63) is 18.1 Å². The maximum atomic E-state index is 4.29. The van der Waals surface area contributed by atoms with Crippen LogP contribution in [0.25, 0.3) is 5.65 Å². The Kier molecular flexibility index (Phi) is 2.10. The summed E-state index contributed by atoms with van der Waals surface area (Å²) in [5, 5.41) is 7.27. The molecule has 0 aliphatic rings. The summed E-state index contributed by atoms with van der Waals surface area (Å²) in [4.78, 5) is 8.36. The molecule has 0 aliphatic heterocycles. The maximum Gasteiger partial charge on any atom is 0.227 e. The van der Waals surface area contributed by atoms with Crippen LogP contribution in [0.3, 0.4) is 0 Å². The molecule has 0 saturated carbocycles. The van der Waals surface area contributed by atoms with Crippen LogP contribution in [-0.4, -0.2) is 26.6 Å². The zero-order valence-electron chi connectivity index (χ0n) is 9.44. The summed E-state index contributed by atoms with van der Waals surface area (Å²) < 4.78 is 1.72. The van der Waals surface area contributed by atoms with E-state index in [2.05, 4.69) is 41.2 Å². The van der Waals surface area contributed by atoms with Gasteiger partial charge in [-0.05, 0) is 5.41 Å². The van der Waals surface area contributed by atoms with Crippen LogP contribution >= 0.6 is 0 Å². The van der Waals surface area contributed by atoms with Crippen molar-refractivity contribution in [3.63, 3.8) is 0 Å². The lowest BCUT2D eigenvalue weighted by Crippen LogP contribution is -2.11. The van der Waals surface area contributed by atoms with Crippen molar-refractivity contribution in [2.45, 2.75) is 26.2 Å². The Morgan fingerprint density at radius 2 is 2.00 bits per heavy atom. The molecular formula is C10H15N5. The van der Waals surface area contributed by atoms with E-state index in [9.17, 15) is 0 Å². The fourth-order valence-corrected chi connectivity index (χ4v) is 1.51. The van der Waals surface area contributed by atoms with Crippen LogP contribution in [-0.2, 0) is 5.41 Å². The van der Waals surface area contributed by atoms with E-state index < -0.39 is 0 Å². The topological polar surface area (TPSA) is 55.1 Å². The van der Waals surface area contributed by atoms with Crippen LogP contribution in [0, 0.1) is 0 Å². The molecule has 0 unspecified atom stereocenters. The van der Waals surface area contributed by atoms with Gasteiger partial charge in [0.05, 0.1) is 6.20 Å². The second kappa shape index (κ2) is 3.18. The Balaban J connectivity index is 2.72. The molecule has 5 heteroatoms. The predicted octanol–water partition coefficient (Wildman–Crippen LogP) is 1.46. The highest BCUT2D eigenvalue weighted by atomic mass is 15.3. The molecule has 0 atom stereocenters. The SMILES string of the molecule is CNc1ncnc2c(C(C)(C)C)cnn12. The van der Waals surface area contributed by atoms with Crippen LogP contribution < -0.4 is 5.32 Å². The van der Waals surface area contributed by atoms with Crippen molar-refractivity contribution in [2.75, 3.05) is 12.4 Å². The molecule has 80 valence electrons. The van der Waals surface area contributed by atoms with Crippen LogP contribution in [0.5, 0.6) is 0 Å². The van der Waals surface area contributed by atoms with E-state index >= 15 is 0 Å². The van der Waals surface area contributed by atoms with Crippen molar-refractivity contribution >= 4 is 11.6 Å². The molecule has 2 aromatic rings. The zero-order valence-corrected chi connectivity index (χ0v) is 9.44. The fraction of sp³-hybridized carbons (Fsp3) is 0.500. The fourth-order valence-electron chi connectivity index (χ4n) is 1.51. The van der Waals surface area contributed by atoms with Gasteiger partial charge in [0.1, 0.15) is 6.33 Å². The summed E-state index contributed by atoms with van der Waals surface area (Å²) >= 11 is 0. The quantitative estimate of drug-likeness (QED) is 0.765. The van der Waals surface area contributed by atoms with Gasteiger partial charge in [-0.3, -0.25) is 0 Å². The van der Waals surface area contributed by atoms with Gasteiger partial charge in [0.2, 0.25) is 5.95 Å². The Morgan fingerprint density at radius 3 is 2.60 bits per heavy atom. The number of nitrogens with zero attached hydrogens (tertiary/aromatic N) is 4. The van der Waals surface area contributed by atoms with E-state index in [1.165, 1.54) is 0 Å². The average molecular weight is 205 g/mol. The monoisotopic (exact) mass is 205 g/mol. The molecule has 0 fully saturated rings. The minimum atomic E-state index is 0.0428. The van der Waals surface area contributed by atoms with E-state index in [0.717, 1.165) is 11.2 Å². The van der Waals surface area contributed by atoms with Crippen LogP contribution in [0.15, 0.2) is 12.5 Å². The van der Waals surface area contributed by atoms with Crippen LogP contribution in [0.4, 0.5) is 5.95 Å². The van der Waals surface area contributed by atoms with Gasteiger partial charge in [0.15, 0.2) is 5.65 Å². The molecule has 0 saturated heterocycles. The van der Waals surface area contributed by atoms with Crippen molar-refractivity contribution in [3.8, 4) is 0 Å². The van der Waals surface area contributed by atoms with Gasteiger partial charge < -0.3 is 5.32 Å². The van der Waals surface area contributed by atoms with E-state index in [1.807, 2.05) is 13.2 Å². The molecule has 0 aliphatic carbocycles. The van der Waals surface area contributed by atoms with Crippen molar-refractivity contribution in [1.29, 1.82) is 0 Å². The molecule has 0 bridgehead atoms. The van der Waals surface area contributed by atoms with Crippen LogP contribution in [0.2, 0.25) is 0 Å². The van der Waals surface area contributed by atoms with E-state index in [1.54, 1.807) is 10.8 Å². The molecule has 1 N–H and O–H groups in total. The summed E-state index contributed by atoms with van der Waals surface area (Å²) in [7, 11) is 1.82. The molecule has 0 radical (unpaired) electrons. The van der Waals surface area contributed by atoms with Gasteiger partial charge in [-0.1, -0.05) is 20.8 Å². The van der Waals surface area contributed by atoms with Gasteiger partial charge in [-0.15, -0.1) is 0 Å². The Hall–Kier alpha value is -1.65. The van der Waals surface area contributed by atoms with E-state index in [0.29, 0.717) is 5.95 Å². The van der Waals surface area contributed by atoms with E-state index in [-0.39, 0.29) is 5.41 Å². The third-order valence-electron chi connectivity index (χ3n) is 2.34. The first-order chi connectivity index (χ1) is 7.04. The number of anilines is 1. The second-order valence-corrected chi connectivity index (χ2v) is 4.49. The van der Waals surface area contributed by atoms with Crippen molar-refractivity contribution in [2.24, 2.45) is 0 Å². The van der Waals surface area contributed by atoms with Gasteiger partial charge in [0, 0.05) is 12.6 Å². The summed E-state index contributed by atoms with van der Waals surface area (Å²) in [5.74, 6) is 0.704. The largest absolute Gasteiger partial charge is 0.357 e. The molecular weight excluding hydrogens is 190 g/mol. The van der Waals surface area contributed by atoms with Crippen LogP contribution in [0.1, 0.15) is 26.3 Å². The van der Waals surface area contributed by atoms with Gasteiger partial charge >= 0.3 is 0 Å².